The monoisotopic (exact) mass is 226 g/mol. The van der Waals surface area contributed by atoms with Crippen LogP contribution in [-0.4, -0.2) is 36.3 Å². The fraction of sp³-hybridized carbons (Fsp3) is 0.833. The average molecular weight is 226 g/mol. The van der Waals surface area contributed by atoms with E-state index in [1.165, 1.54) is 0 Å². The summed E-state index contributed by atoms with van der Waals surface area (Å²) in [7, 11) is 0. The van der Waals surface area contributed by atoms with Crippen molar-refractivity contribution in [2.45, 2.75) is 33.6 Å². The van der Waals surface area contributed by atoms with E-state index in [4.69, 9.17) is 0 Å². The Hall–Kier alpha value is -1.06. The van der Waals surface area contributed by atoms with Gasteiger partial charge in [-0.1, -0.05) is 20.8 Å². The van der Waals surface area contributed by atoms with Crippen LogP contribution in [0.25, 0.3) is 0 Å². The Morgan fingerprint density at radius 1 is 1.25 bits per heavy atom. The van der Waals surface area contributed by atoms with Gasteiger partial charge in [0.25, 0.3) is 0 Å². The highest BCUT2D eigenvalue weighted by Gasteiger charge is 2.28. The van der Waals surface area contributed by atoms with Crippen LogP contribution in [0.1, 0.15) is 33.6 Å². The lowest BCUT2D eigenvalue weighted by Gasteiger charge is -2.34. The zero-order chi connectivity index (χ0) is 12.1. The van der Waals surface area contributed by atoms with Crippen LogP contribution in [0.15, 0.2) is 0 Å². The molecule has 92 valence electrons. The first-order valence-corrected chi connectivity index (χ1v) is 6.11. The molecule has 0 aromatic heterocycles. The van der Waals surface area contributed by atoms with E-state index < -0.39 is 5.91 Å². The molecule has 2 atom stereocenters. The van der Waals surface area contributed by atoms with Crippen molar-refractivity contribution in [1.82, 2.24) is 10.2 Å². The molecular formula is C12H22N2O2. The number of likely N-dealkylation sites (tertiary alicyclic amines) is 1. The summed E-state index contributed by atoms with van der Waals surface area (Å²) in [6, 6.07) is 0. The van der Waals surface area contributed by atoms with Crippen molar-refractivity contribution in [3.05, 3.63) is 0 Å². The highest BCUT2D eigenvalue weighted by Crippen LogP contribution is 2.20. The van der Waals surface area contributed by atoms with Gasteiger partial charge < -0.3 is 10.2 Å². The Kier molecular flexibility index (Phi) is 4.77. The number of carbonyl (C=O) groups is 2. The average Bonchev–Trinajstić information content (AvgIpc) is 2.23. The highest BCUT2D eigenvalue weighted by atomic mass is 16.2. The van der Waals surface area contributed by atoms with Crippen molar-refractivity contribution in [3.63, 3.8) is 0 Å². The van der Waals surface area contributed by atoms with Crippen LogP contribution in [0.5, 0.6) is 0 Å². The number of rotatable bonds is 2. The van der Waals surface area contributed by atoms with Crippen LogP contribution in [0.3, 0.4) is 0 Å². The van der Waals surface area contributed by atoms with E-state index in [1.54, 1.807) is 4.90 Å². The van der Waals surface area contributed by atoms with Crippen molar-refractivity contribution in [2.75, 3.05) is 19.6 Å². The van der Waals surface area contributed by atoms with Crippen LogP contribution in [0.4, 0.5) is 0 Å². The first-order valence-electron chi connectivity index (χ1n) is 6.11. The summed E-state index contributed by atoms with van der Waals surface area (Å²) in [5, 5.41) is 2.63. The largest absolute Gasteiger partial charge is 0.348 e. The van der Waals surface area contributed by atoms with Gasteiger partial charge in [-0.15, -0.1) is 0 Å². The molecule has 0 aromatic carbocycles. The number of carbonyl (C=O) groups excluding carboxylic acids is 2. The first-order chi connectivity index (χ1) is 7.54. The number of hydrogen-bond acceptors (Lipinski definition) is 2. The predicted molar refractivity (Wildman–Crippen MR) is 62.8 cm³/mol. The van der Waals surface area contributed by atoms with E-state index in [9.17, 15) is 9.59 Å². The number of hydrogen-bond donors (Lipinski definition) is 1. The van der Waals surface area contributed by atoms with E-state index >= 15 is 0 Å². The van der Waals surface area contributed by atoms with Crippen molar-refractivity contribution in [3.8, 4) is 0 Å². The van der Waals surface area contributed by atoms with Crippen LogP contribution in [0.2, 0.25) is 0 Å². The van der Waals surface area contributed by atoms with Crippen molar-refractivity contribution < 1.29 is 9.59 Å². The van der Waals surface area contributed by atoms with Gasteiger partial charge in [0.2, 0.25) is 0 Å². The number of piperidine rings is 1. The van der Waals surface area contributed by atoms with Gasteiger partial charge >= 0.3 is 11.8 Å². The maximum Gasteiger partial charge on any atom is 0.311 e. The molecule has 0 spiro atoms. The quantitative estimate of drug-likeness (QED) is 0.715. The standard InChI is InChI=1S/C12H22N2O2/c1-4-5-13-11(15)12(16)14-7-9(2)6-10(3)8-14/h9-10H,4-8H2,1-3H3,(H,13,15). The smallest absolute Gasteiger partial charge is 0.311 e. The summed E-state index contributed by atoms with van der Waals surface area (Å²) in [6.07, 6.45) is 1.99. The molecule has 1 heterocycles. The minimum atomic E-state index is -0.455. The summed E-state index contributed by atoms with van der Waals surface area (Å²) in [6.45, 7) is 8.21. The molecule has 16 heavy (non-hydrogen) atoms. The van der Waals surface area contributed by atoms with Gasteiger partial charge in [-0.3, -0.25) is 9.59 Å². The lowest BCUT2D eigenvalue weighted by atomic mass is 9.92. The van der Waals surface area contributed by atoms with Crippen molar-refractivity contribution in [2.24, 2.45) is 11.8 Å². The Bertz CT molecular complexity index is 256. The highest BCUT2D eigenvalue weighted by molar-refractivity contribution is 6.35. The topological polar surface area (TPSA) is 49.4 Å². The third-order valence-electron chi connectivity index (χ3n) is 2.89. The summed E-state index contributed by atoms with van der Waals surface area (Å²) < 4.78 is 0. The lowest BCUT2D eigenvalue weighted by Crippen LogP contribution is -2.49. The van der Waals surface area contributed by atoms with Crippen LogP contribution >= 0.6 is 0 Å². The van der Waals surface area contributed by atoms with E-state index in [-0.39, 0.29) is 5.91 Å². The van der Waals surface area contributed by atoms with Gasteiger partial charge in [0, 0.05) is 19.6 Å². The predicted octanol–water partition coefficient (Wildman–Crippen LogP) is 1.02. The number of amides is 2. The minimum absolute atomic E-state index is 0.369. The summed E-state index contributed by atoms with van der Waals surface area (Å²) in [5.74, 6) is 0.161. The maximum atomic E-state index is 11.8. The molecule has 4 nitrogen and oxygen atoms in total. The molecule has 1 rings (SSSR count). The Morgan fingerprint density at radius 2 is 1.81 bits per heavy atom. The summed E-state index contributed by atoms with van der Waals surface area (Å²) in [5.41, 5.74) is 0. The van der Waals surface area contributed by atoms with Crippen molar-refractivity contribution in [1.29, 1.82) is 0 Å². The molecule has 4 heteroatoms. The molecule has 0 aliphatic carbocycles. The lowest BCUT2D eigenvalue weighted by molar-refractivity contribution is -0.147. The molecule has 0 aromatic rings. The SMILES string of the molecule is CCCNC(=O)C(=O)N1CC(C)CC(C)C1. The third-order valence-corrected chi connectivity index (χ3v) is 2.89. The molecule has 1 aliphatic heterocycles. The van der Waals surface area contributed by atoms with Gasteiger partial charge in [0.1, 0.15) is 0 Å². The molecule has 1 N–H and O–H groups in total. The van der Waals surface area contributed by atoms with Crippen molar-refractivity contribution >= 4 is 11.8 Å². The molecule has 2 amide bonds. The second-order valence-electron chi connectivity index (χ2n) is 4.91. The zero-order valence-electron chi connectivity index (χ0n) is 10.5. The van der Waals surface area contributed by atoms with Crippen LogP contribution in [0, 0.1) is 11.8 Å². The normalized spacial score (nSPS) is 25.3. The van der Waals surface area contributed by atoms with Gasteiger partial charge in [0.05, 0.1) is 0 Å². The van der Waals surface area contributed by atoms with Gasteiger partial charge in [0.15, 0.2) is 0 Å². The number of nitrogens with one attached hydrogen (secondary N) is 1. The Balaban J connectivity index is 2.49. The molecule has 2 unspecified atom stereocenters. The first kappa shape index (κ1) is 13.0. The minimum Gasteiger partial charge on any atom is -0.348 e. The summed E-state index contributed by atoms with van der Waals surface area (Å²) >= 11 is 0. The molecule has 0 radical (unpaired) electrons. The molecule has 0 bridgehead atoms. The summed E-state index contributed by atoms with van der Waals surface area (Å²) in [4.78, 5) is 25.0. The van der Waals surface area contributed by atoms with Gasteiger partial charge in [-0.2, -0.15) is 0 Å². The zero-order valence-corrected chi connectivity index (χ0v) is 10.5. The molecule has 1 saturated heterocycles. The van der Waals surface area contributed by atoms with Gasteiger partial charge in [-0.05, 0) is 24.7 Å². The second kappa shape index (κ2) is 5.87. The fourth-order valence-corrected chi connectivity index (χ4v) is 2.29. The van der Waals surface area contributed by atoms with E-state index in [0.717, 1.165) is 12.8 Å². The molecule has 1 fully saturated rings. The van der Waals surface area contributed by atoms with Crippen LogP contribution < -0.4 is 5.32 Å². The molecule has 1 aliphatic rings. The van der Waals surface area contributed by atoms with Crippen LogP contribution in [-0.2, 0) is 9.59 Å². The van der Waals surface area contributed by atoms with Gasteiger partial charge in [-0.25, -0.2) is 0 Å². The molecule has 0 saturated carbocycles. The Labute approximate surface area is 97.4 Å². The third kappa shape index (κ3) is 3.51. The number of nitrogens with zero attached hydrogens (tertiary/aromatic N) is 1. The Morgan fingerprint density at radius 3 is 2.31 bits per heavy atom. The maximum absolute atomic E-state index is 11.8. The molecular weight excluding hydrogens is 204 g/mol. The fourth-order valence-electron chi connectivity index (χ4n) is 2.29. The van der Waals surface area contributed by atoms with E-state index in [0.29, 0.717) is 31.5 Å². The second-order valence-corrected chi connectivity index (χ2v) is 4.91. The van der Waals surface area contributed by atoms with E-state index in [1.807, 2.05) is 6.92 Å². The van der Waals surface area contributed by atoms with E-state index in [2.05, 4.69) is 19.2 Å².